The molecule has 0 bridgehead atoms. The number of amides is 2. The van der Waals surface area contributed by atoms with E-state index >= 15 is 0 Å². The quantitative estimate of drug-likeness (QED) is 0.360. The first-order valence-electron chi connectivity index (χ1n) is 11.1. The third-order valence-electron chi connectivity index (χ3n) is 5.94. The highest BCUT2D eigenvalue weighted by Gasteiger charge is 2.35. The number of carbonyl (C=O) groups excluding carboxylic acids is 1. The van der Waals surface area contributed by atoms with Crippen molar-refractivity contribution in [2.24, 2.45) is 0 Å². The smallest absolute Gasteiger partial charge is 0.322 e. The number of ether oxygens (including phenoxy) is 1. The van der Waals surface area contributed by atoms with E-state index in [1.54, 1.807) is 35.5 Å². The first-order chi connectivity index (χ1) is 17.0. The van der Waals surface area contributed by atoms with E-state index < -0.39 is 6.04 Å². The molecule has 1 unspecified atom stereocenters. The minimum absolute atomic E-state index is 0.200. The summed E-state index contributed by atoms with van der Waals surface area (Å²) in [5.74, 6) is 0.958. The van der Waals surface area contributed by atoms with Crippen molar-refractivity contribution >= 4 is 22.9 Å². The summed E-state index contributed by atoms with van der Waals surface area (Å²) in [6, 6.07) is 16.7. The van der Waals surface area contributed by atoms with E-state index in [1.165, 1.54) is 17.0 Å². The van der Waals surface area contributed by atoms with Crippen LogP contribution in [0.3, 0.4) is 0 Å². The van der Waals surface area contributed by atoms with Crippen molar-refractivity contribution in [1.82, 2.24) is 20.4 Å². The van der Waals surface area contributed by atoms with Gasteiger partial charge in [-0.25, -0.2) is 9.18 Å². The fourth-order valence-corrected chi connectivity index (χ4v) is 4.82. The van der Waals surface area contributed by atoms with Crippen LogP contribution in [0.1, 0.15) is 29.3 Å². The van der Waals surface area contributed by atoms with Crippen LogP contribution in [0.5, 0.6) is 5.75 Å². The summed E-state index contributed by atoms with van der Waals surface area (Å²) < 4.78 is 24.5. The molecule has 0 saturated carbocycles. The largest absolute Gasteiger partial charge is 0.497 e. The van der Waals surface area contributed by atoms with Gasteiger partial charge in [0.2, 0.25) is 5.82 Å². The van der Waals surface area contributed by atoms with Gasteiger partial charge in [0.1, 0.15) is 11.6 Å². The number of allylic oxidation sites excluding steroid dienone is 1. The summed E-state index contributed by atoms with van der Waals surface area (Å²) in [5, 5.41) is 9.24. The van der Waals surface area contributed by atoms with Gasteiger partial charge in [-0.2, -0.15) is 4.98 Å². The third kappa shape index (κ3) is 4.67. The van der Waals surface area contributed by atoms with Crippen LogP contribution < -0.4 is 10.1 Å². The van der Waals surface area contributed by atoms with E-state index in [0.29, 0.717) is 29.3 Å². The SMILES string of the molecule is COc1cccc(C2NC(=O)N(CCc3cccs3)C(C)=C2c2nc(-c3ccc(F)cc3)no2)c1. The molecular weight excluding hydrogens is 467 g/mol. The van der Waals surface area contributed by atoms with Crippen molar-refractivity contribution in [2.45, 2.75) is 19.4 Å². The van der Waals surface area contributed by atoms with Crippen LogP contribution in [0.2, 0.25) is 0 Å². The van der Waals surface area contributed by atoms with E-state index in [1.807, 2.05) is 42.6 Å². The highest BCUT2D eigenvalue weighted by Crippen LogP contribution is 2.38. The minimum atomic E-state index is -0.517. The summed E-state index contributed by atoms with van der Waals surface area (Å²) in [7, 11) is 1.60. The van der Waals surface area contributed by atoms with Gasteiger partial charge in [-0.3, -0.25) is 4.90 Å². The van der Waals surface area contributed by atoms with Gasteiger partial charge in [0.05, 0.1) is 18.7 Å². The lowest BCUT2D eigenvalue weighted by molar-refractivity contribution is 0.205. The fraction of sp³-hybridized carbons (Fsp3) is 0.192. The molecule has 0 aliphatic carbocycles. The first-order valence-corrected chi connectivity index (χ1v) is 12.0. The van der Waals surface area contributed by atoms with Crippen molar-refractivity contribution in [3.8, 4) is 17.1 Å². The zero-order valence-electron chi connectivity index (χ0n) is 19.2. The molecular formula is C26H23FN4O3S. The molecule has 2 aromatic heterocycles. The lowest BCUT2D eigenvalue weighted by Gasteiger charge is -2.35. The number of urea groups is 1. The molecule has 1 aliphatic rings. The van der Waals surface area contributed by atoms with Crippen molar-refractivity contribution in [3.05, 3.63) is 93.9 Å². The average Bonchev–Trinajstić information content (AvgIpc) is 3.57. The van der Waals surface area contributed by atoms with Gasteiger partial charge in [-0.1, -0.05) is 23.4 Å². The first kappa shape index (κ1) is 22.8. The van der Waals surface area contributed by atoms with Gasteiger partial charge >= 0.3 is 6.03 Å². The summed E-state index contributed by atoms with van der Waals surface area (Å²) in [4.78, 5) is 20.7. The highest BCUT2D eigenvalue weighted by atomic mass is 32.1. The maximum absolute atomic E-state index is 13.4. The number of aromatic nitrogens is 2. The molecule has 0 saturated heterocycles. The lowest BCUT2D eigenvalue weighted by atomic mass is 9.94. The van der Waals surface area contributed by atoms with Crippen LogP contribution in [0.25, 0.3) is 17.0 Å². The molecule has 178 valence electrons. The van der Waals surface area contributed by atoms with Gasteiger partial charge in [0, 0.05) is 22.7 Å². The monoisotopic (exact) mass is 490 g/mol. The van der Waals surface area contributed by atoms with Gasteiger partial charge in [0.15, 0.2) is 0 Å². The number of nitrogens with zero attached hydrogens (tertiary/aromatic N) is 3. The number of hydrogen-bond donors (Lipinski definition) is 1. The molecule has 1 atom stereocenters. The van der Waals surface area contributed by atoms with Gasteiger partial charge in [-0.05, 0) is 66.8 Å². The summed E-state index contributed by atoms with van der Waals surface area (Å²) in [6.07, 6.45) is 0.726. The molecule has 1 aliphatic heterocycles. The van der Waals surface area contributed by atoms with Gasteiger partial charge in [-0.15, -0.1) is 11.3 Å². The number of hydrogen-bond acceptors (Lipinski definition) is 6. The predicted molar refractivity (Wildman–Crippen MR) is 131 cm³/mol. The molecule has 4 aromatic rings. The second-order valence-electron chi connectivity index (χ2n) is 8.07. The zero-order valence-corrected chi connectivity index (χ0v) is 20.0. The van der Waals surface area contributed by atoms with Crippen LogP contribution >= 0.6 is 11.3 Å². The lowest BCUT2D eigenvalue weighted by Crippen LogP contribution is -2.46. The zero-order chi connectivity index (χ0) is 24.4. The van der Waals surface area contributed by atoms with E-state index in [-0.39, 0.29) is 17.7 Å². The molecule has 2 amide bonds. The summed E-state index contributed by atoms with van der Waals surface area (Å²) in [5.41, 5.74) is 2.88. The van der Waals surface area contributed by atoms with E-state index in [9.17, 15) is 9.18 Å². The second kappa shape index (κ2) is 9.71. The number of thiophene rings is 1. The Hall–Kier alpha value is -3.98. The van der Waals surface area contributed by atoms with Crippen molar-refractivity contribution in [2.75, 3.05) is 13.7 Å². The molecule has 1 N–H and O–H groups in total. The Balaban J connectivity index is 1.56. The van der Waals surface area contributed by atoms with E-state index in [0.717, 1.165) is 17.7 Å². The Morgan fingerprint density at radius 1 is 1.17 bits per heavy atom. The number of nitrogens with one attached hydrogen (secondary N) is 1. The highest BCUT2D eigenvalue weighted by molar-refractivity contribution is 7.09. The number of methoxy groups -OCH3 is 1. The van der Waals surface area contributed by atoms with E-state index in [4.69, 9.17) is 9.26 Å². The maximum atomic E-state index is 13.4. The standard InChI is InChI=1S/C26H23FN4O3S/c1-16-22(25-29-24(30-34-25)17-8-10-19(27)11-9-17)23(18-5-3-6-20(15-18)33-2)28-26(32)31(16)13-12-21-7-4-14-35-21/h3-11,14-15,23H,12-13H2,1-2H3,(H,28,32). The fourth-order valence-electron chi connectivity index (χ4n) is 4.12. The predicted octanol–water partition coefficient (Wildman–Crippen LogP) is 5.69. The number of benzene rings is 2. The normalized spacial score (nSPS) is 15.9. The topological polar surface area (TPSA) is 80.5 Å². The minimum Gasteiger partial charge on any atom is -0.497 e. The third-order valence-corrected chi connectivity index (χ3v) is 6.88. The maximum Gasteiger partial charge on any atom is 0.322 e. The van der Waals surface area contributed by atoms with Crippen LogP contribution in [0.4, 0.5) is 9.18 Å². The molecule has 0 fully saturated rings. The Morgan fingerprint density at radius 2 is 2.00 bits per heavy atom. The summed E-state index contributed by atoms with van der Waals surface area (Å²) >= 11 is 1.66. The number of carbonyl (C=O) groups is 1. The van der Waals surface area contributed by atoms with Gasteiger partial charge in [0.25, 0.3) is 5.89 Å². The van der Waals surface area contributed by atoms with Crippen LogP contribution in [-0.4, -0.2) is 34.7 Å². The van der Waals surface area contributed by atoms with Crippen LogP contribution in [-0.2, 0) is 6.42 Å². The number of halogens is 1. The van der Waals surface area contributed by atoms with Crippen molar-refractivity contribution in [3.63, 3.8) is 0 Å². The van der Waals surface area contributed by atoms with Crippen molar-refractivity contribution in [1.29, 1.82) is 0 Å². The molecule has 9 heteroatoms. The molecule has 7 nitrogen and oxygen atoms in total. The molecule has 5 rings (SSSR count). The molecule has 3 heterocycles. The Morgan fingerprint density at radius 3 is 2.74 bits per heavy atom. The Bertz CT molecular complexity index is 1370. The second-order valence-corrected chi connectivity index (χ2v) is 9.10. The Labute approximate surface area is 205 Å². The van der Waals surface area contributed by atoms with Crippen LogP contribution in [0.15, 0.2) is 76.3 Å². The number of rotatable bonds is 7. The van der Waals surface area contributed by atoms with Crippen molar-refractivity contribution < 1.29 is 18.4 Å². The Kier molecular flexibility index (Phi) is 6.33. The molecule has 0 radical (unpaired) electrons. The van der Waals surface area contributed by atoms with Crippen LogP contribution in [0, 0.1) is 5.82 Å². The molecule has 0 spiro atoms. The molecule has 35 heavy (non-hydrogen) atoms. The average molecular weight is 491 g/mol. The summed E-state index contributed by atoms with van der Waals surface area (Å²) in [6.45, 7) is 2.39. The van der Waals surface area contributed by atoms with E-state index in [2.05, 4.69) is 21.5 Å². The van der Waals surface area contributed by atoms with Gasteiger partial charge < -0.3 is 14.6 Å². The molecule has 2 aromatic carbocycles.